The molecule has 2 aromatic heterocycles. The van der Waals surface area contributed by atoms with Crippen molar-refractivity contribution in [1.29, 1.82) is 0 Å². The third-order valence-corrected chi connectivity index (χ3v) is 7.40. The average Bonchev–Trinajstić information content (AvgIpc) is 3.27. The highest BCUT2D eigenvalue weighted by molar-refractivity contribution is 9.10. The number of halogens is 1. The van der Waals surface area contributed by atoms with Gasteiger partial charge in [-0.15, -0.1) is 0 Å². The lowest BCUT2D eigenvalue weighted by molar-refractivity contribution is 1.18. The van der Waals surface area contributed by atoms with E-state index in [1.54, 1.807) is 0 Å². The third-order valence-electron chi connectivity index (χ3n) is 6.71. The summed E-state index contributed by atoms with van der Waals surface area (Å²) >= 11 is 3.79. The van der Waals surface area contributed by atoms with Gasteiger partial charge in [0.2, 0.25) is 0 Å². The van der Waals surface area contributed by atoms with Crippen LogP contribution in [0.5, 0.6) is 0 Å². The van der Waals surface area contributed by atoms with Crippen LogP contribution in [0.4, 0.5) is 0 Å². The number of benzene rings is 5. The van der Waals surface area contributed by atoms with Gasteiger partial charge in [0.15, 0.2) is 5.82 Å². The van der Waals surface area contributed by atoms with Crippen LogP contribution >= 0.6 is 15.9 Å². The first-order chi connectivity index (χ1) is 17.8. The van der Waals surface area contributed by atoms with E-state index in [-0.39, 0.29) is 0 Å². The van der Waals surface area contributed by atoms with E-state index in [9.17, 15) is 0 Å². The van der Waals surface area contributed by atoms with Crippen molar-refractivity contribution in [2.24, 2.45) is 0 Å². The van der Waals surface area contributed by atoms with Crippen LogP contribution in [0.15, 0.2) is 126 Å². The van der Waals surface area contributed by atoms with Crippen molar-refractivity contribution in [1.82, 2.24) is 14.5 Å². The maximum atomic E-state index is 4.81. The van der Waals surface area contributed by atoms with E-state index in [2.05, 4.69) is 116 Å². The van der Waals surface area contributed by atoms with Crippen LogP contribution in [0, 0.1) is 0 Å². The summed E-state index contributed by atoms with van der Waals surface area (Å²) in [5.41, 5.74) is 7.71. The van der Waals surface area contributed by atoms with Gasteiger partial charge in [0.1, 0.15) is 0 Å². The topological polar surface area (TPSA) is 30.7 Å². The van der Waals surface area contributed by atoms with Gasteiger partial charge < -0.3 is 4.57 Å². The molecule has 0 bridgehead atoms. The number of nitrogens with zero attached hydrogens (tertiary/aromatic N) is 3. The maximum Gasteiger partial charge on any atom is 0.159 e. The molecule has 5 aromatic carbocycles. The van der Waals surface area contributed by atoms with Gasteiger partial charge in [-0.2, -0.15) is 0 Å². The molecule has 0 spiro atoms. The van der Waals surface area contributed by atoms with Crippen LogP contribution in [0.3, 0.4) is 0 Å². The molecule has 0 saturated carbocycles. The molecule has 7 rings (SSSR count). The van der Waals surface area contributed by atoms with Crippen molar-refractivity contribution >= 4 is 48.6 Å². The summed E-state index contributed by atoms with van der Waals surface area (Å²) in [6.45, 7) is 0. The number of hydrogen-bond donors (Lipinski definition) is 0. The molecule has 0 radical (unpaired) electrons. The predicted molar refractivity (Wildman–Crippen MR) is 152 cm³/mol. The second-order valence-electron chi connectivity index (χ2n) is 8.87. The molecule has 0 amide bonds. The minimum Gasteiger partial charge on any atom is -0.309 e. The van der Waals surface area contributed by atoms with Crippen LogP contribution in [-0.4, -0.2) is 14.5 Å². The minimum atomic E-state index is 0.724. The molecule has 0 aliphatic carbocycles. The first kappa shape index (κ1) is 21.0. The second-order valence-corrected chi connectivity index (χ2v) is 9.72. The van der Waals surface area contributed by atoms with Crippen LogP contribution in [0.1, 0.15) is 0 Å². The van der Waals surface area contributed by atoms with Gasteiger partial charge in [-0.05, 0) is 53.6 Å². The lowest BCUT2D eigenvalue weighted by Gasteiger charge is -2.11. The quantitative estimate of drug-likeness (QED) is 0.230. The molecule has 0 aliphatic rings. The standard InChI is InChI=1S/C32H20BrN3/c33-28-17-15-22(32-34-20-23-8-4-6-12-29(23)35-32)18-27(28)21-14-16-26-25-11-5-7-13-30(25)36(31(26)19-21)24-9-2-1-3-10-24/h1-20H. The van der Waals surface area contributed by atoms with Crippen molar-refractivity contribution in [3.05, 3.63) is 126 Å². The predicted octanol–water partition coefficient (Wildman–Crippen LogP) is 8.82. The first-order valence-electron chi connectivity index (χ1n) is 11.9. The highest BCUT2D eigenvalue weighted by Gasteiger charge is 2.15. The van der Waals surface area contributed by atoms with Gasteiger partial charge in [-0.3, -0.25) is 0 Å². The van der Waals surface area contributed by atoms with Gasteiger partial charge in [0.05, 0.1) is 16.6 Å². The maximum absolute atomic E-state index is 4.81. The van der Waals surface area contributed by atoms with Crippen molar-refractivity contribution in [2.75, 3.05) is 0 Å². The Hall–Kier alpha value is -4.28. The lowest BCUT2D eigenvalue weighted by atomic mass is 10.0. The van der Waals surface area contributed by atoms with Crippen LogP contribution < -0.4 is 0 Å². The highest BCUT2D eigenvalue weighted by Crippen LogP contribution is 2.37. The average molecular weight is 526 g/mol. The minimum absolute atomic E-state index is 0.724. The van der Waals surface area contributed by atoms with Gasteiger partial charge in [0, 0.05) is 38.1 Å². The summed E-state index contributed by atoms with van der Waals surface area (Å²) < 4.78 is 3.38. The van der Waals surface area contributed by atoms with E-state index in [1.165, 1.54) is 21.8 Å². The summed E-state index contributed by atoms with van der Waals surface area (Å²) in [6.07, 6.45) is 1.89. The molecule has 36 heavy (non-hydrogen) atoms. The molecular weight excluding hydrogens is 506 g/mol. The second kappa shape index (κ2) is 8.43. The molecular formula is C32H20BrN3. The van der Waals surface area contributed by atoms with Crippen LogP contribution in [0.25, 0.3) is 60.9 Å². The van der Waals surface area contributed by atoms with Crippen LogP contribution in [0.2, 0.25) is 0 Å². The van der Waals surface area contributed by atoms with Gasteiger partial charge in [0.25, 0.3) is 0 Å². The Bertz CT molecular complexity index is 1900. The Morgan fingerprint density at radius 1 is 0.611 bits per heavy atom. The fraction of sp³-hybridized carbons (Fsp3) is 0. The Morgan fingerprint density at radius 3 is 2.28 bits per heavy atom. The normalized spacial score (nSPS) is 11.5. The van der Waals surface area contributed by atoms with E-state index < -0.39 is 0 Å². The highest BCUT2D eigenvalue weighted by atomic mass is 79.9. The summed E-state index contributed by atoms with van der Waals surface area (Å²) in [7, 11) is 0. The Balaban J connectivity index is 1.43. The molecule has 2 heterocycles. The van der Waals surface area contributed by atoms with E-state index in [1.807, 2.05) is 30.5 Å². The first-order valence-corrected chi connectivity index (χ1v) is 12.7. The zero-order chi connectivity index (χ0) is 24.1. The molecule has 170 valence electrons. The van der Waals surface area contributed by atoms with E-state index >= 15 is 0 Å². The lowest BCUT2D eigenvalue weighted by Crippen LogP contribution is -1.94. The summed E-state index contributed by atoms with van der Waals surface area (Å²) in [5.74, 6) is 0.724. The SMILES string of the molecule is Brc1ccc(-c2ncc3ccccc3n2)cc1-c1ccc2c3ccccc3n(-c3ccccc3)c2c1. The zero-order valence-corrected chi connectivity index (χ0v) is 20.9. The molecule has 3 nitrogen and oxygen atoms in total. The molecule has 0 unspecified atom stereocenters. The molecule has 0 N–H and O–H groups in total. The Morgan fingerprint density at radius 2 is 1.36 bits per heavy atom. The number of hydrogen-bond acceptors (Lipinski definition) is 2. The van der Waals surface area contributed by atoms with Crippen molar-refractivity contribution in [3.8, 4) is 28.2 Å². The van der Waals surface area contributed by atoms with E-state index in [0.29, 0.717) is 0 Å². The third kappa shape index (κ3) is 3.42. The van der Waals surface area contributed by atoms with Crippen molar-refractivity contribution in [2.45, 2.75) is 0 Å². The molecule has 0 saturated heterocycles. The fourth-order valence-corrected chi connectivity index (χ4v) is 5.47. The molecule has 0 atom stereocenters. The Labute approximate surface area is 216 Å². The molecule has 4 heteroatoms. The largest absolute Gasteiger partial charge is 0.309 e. The molecule has 0 fully saturated rings. The number of rotatable bonds is 3. The smallest absolute Gasteiger partial charge is 0.159 e. The summed E-state index contributed by atoms with van der Waals surface area (Å²) in [4.78, 5) is 9.46. The van der Waals surface area contributed by atoms with Gasteiger partial charge >= 0.3 is 0 Å². The van der Waals surface area contributed by atoms with Crippen LogP contribution in [-0.2, 0) is 0 Å². The Kier molecular flexibility index (Phi) is 4.93. The van der Waals surface area contributed by atoms with Crippen molar-refractivity contribution < 1.29 is 0 Å². The van der Waals surface area contributed by atoms with E-state index in [0.717, 1.165) is 43.6 Å². The zero-order valence-electron chi connectivity index (χ0n) is 19.3. The van der Waals surface area contributed by atoms with Gasteiger partial charge in [-0.25, -0.2) is 9.97 Å². The number of fused-ring (bicyclic) bond motifs is 4. The summed E-state index contributed by atoms with van der Waals surface area (Å²) in [5, 5.41) is 3.53. The monoisotopic (exact) mass is 525 g/mol. The summed E-state index contributed by atoms with van der Waals surface area (Å²) in [6, 6.07) is 40.3. The van der Waals surface area contributed by atoms with Crippen molar-refractivity contribution in [3.63, 3.8) is 0 Å². The fourth-order valence-electron chi connectivity index (χ4n) is 4.99. The van der Waals surface area contributed by atoms with Gasteiger partial charge in [-0.1, -0.05) is 88.7 Å². The van der Waals surface area contributed by atoms with E-state index in [4.69, 9.17) is 4.98 Å². The molecule has 0 aliphatic heterocycles. The number of aromatic nitrogens is 3. The number of para-hydroxylation sites is 3. The molecule has 7 aromatic rings.